The van der Waals surface area contributed by atoms with Gasteiger partial charge in [-0.05, 0) is 36.8 Å². The fraction of sp³-hybridized carbons (Fsp3) is 0.429. The van der Waals surface area contributed by atoms with E-state index in [1.54, 1.807) is 0 Å². The van der Waals surface area contributed by atoms with Gasteiger partial charge in [0.2, 0.25) is 0 Å². The third-order valence-corrected chi connectivity index (χ3v) is 4.74. The van der Waals surface area contributed by atoms with Gasteiger partial charge in [0.05, 0.1) is 12.3 Å². The Morgan fingerprint density at radius 3 is 2.24 bits per heavy atom. The van der Waals surface area contributed by atoms with Crippen LogP contribution in [0.4, 0.5) is 11.4 Å². The molecule has 1 fully saturated rings. The number of hydrogen-bond acceptors (Lipinski definition) is 4. The molecule has 2 aromatic carbocycles. The zero-order valence-corrected chi connectivity index (χ0v) is 15.6. The van der Waals surface area contributed by atoms with Crippen LogP contribution in [0.25, 0.3) is 0 Å². The van der Waals surface area contributed by atoms with Gasteiger partial charge in [0.1, 0.15) is 5.75 Å². The molecule has 4 nitrogen and oxygen atoms in total. The highest BCUT2D eigenvalue weighted by Crippen LogP contribution is 2.29. The maximum Gasteiger partial charge on any atom is 0.142 e. The van der Waals surface area contributed by atoms with Gasteiger partial charge in [-0.2, -0.15) is 0 Å². The summed E-state index contributed by atoms with van der Waals surface area (Å²) in [6.45, 7) is 8.01. The highest BCUT2D eigenvalue weighted by molar-refractivity contribution is 5.58. The van der Waals surface area contributed by atoms with E-state index in [9.17, 15) is 0 Å². The Labute approximate surface area is 151 Å². The van der Waals surface area contributed by atoms with Crippen molar-refractivity contribution >= 4 is 11.4 Å². The highest BCUT2D eigenvalue weighted by Gasteiger charge is 2.19. The van der Waals surface area contributed by atoms with Gasteiger partial charge in [-0.15, -0.1) is 0 Å². The van der Waals surface area contributed by atoms with Crippen LogP contribution in [0.2, 0.25) is 0 Å². The summed E-state index contributed by atoms with van der Waals surface area (Å²) < 4.78 is 5.78. The van der Waals surface area contributed by atoms with E-state index in [1.807, 2.05) is 13.0 Å². The van der Waals surface area contributed by atoms with Gasteiger partial charge in [-0.1, -0.05) is 24.3 Å². The average Bonchev–Trinajstić information content (AvgIpc) is 2.64. The normalized spacial score (nSPS) is 15.2. The fourth-order valence-electron chi connectivity index (χ4n) is 3.30. The van der Waals surface area contributed by atoms with Crippen LogP contribution in [-0.2, 0) is 6.54 Å². The minimum absolute atomic E-state index is 0.708. The van der Waals surface area contributed by atoms with E-state index in [1.165, 1.54) is 16.9 Å². The molecule has 1 aliphatic heterocycles. The zero-order chi connectivity index (χ0) is 17.6. The molecule has 2 aromatic rings. The Hall–Kier alpha value is -2.20. The Morgan fingerprint density at radius 1 is 0.920 bits per heavy atom. The first-order chi connectivity index (χ1) is 12.2. The van der Waals surface area contributed by atoms with E-state index in [2.05, 4.69) is 71.3 Å². The molecule has 0 spiro atoms. The number of benzene rings is 2. The molecule has 4 heteroatoms. The molecular weight excluding hydrogens is 310 g/mol. The summed E-state index contributed by atoms with van der Waals surface area (Å²) in [6.07, 6.45) is 0. The van der Waals surface area contributed by atoms with E-state index in [0.29, 0.717) is 6.61 Å². The number of anilines is 2. The van der Waals surface area contributed by atoms with Crippen LogP contribution >= 0.6 is 0 Å². The molecule has 134 valence electrons. The van der Waals surface area contributed by atoms with Crippen molar-refractivity contribution in [2.75, 3.05) is 56.7 Å². The van der Waals surface area contributed by atoms with Crippen molar-refractivity contribution in [1.82, 2.24) is 4.90 Å². The Bertz CT molecular complexity index is 661. The second-order valence-corrected chi connectivity index (χ2v) is 6.72. The van der Waals surface area contributed by atoms with Gasteiger partial charge in [0.25, 0.3) is 0 Å². The summed E-state index contributed by atoms with van der Waals surface area (Å²) in [4.78, 5) is 7.11. The number of para-hydroxylation sites is 2. The molecule has 0 saturated carbocycles. The lowest BCUT2D eigenvalue weighted by Gasteiger charge is -2.36. The minimum atomic E-state index is 0.708. The molecule has 0 unspecified atom stereocenters. The van der Waals surface area contributed by atoms with Gasteiger partial charge in [0.15, 0.2) is 0 Å². The van der Waals surface area contributed by atoms with Gasteiger partial charge < -0.3 is 14.5 Å². The van der Waals surface area contributed by atoms with E-state index >= 15 is 0 Å². The fourth-order valence-corrected chi connectivity index (χ4v) is 3.30. The molecule has 0 bridgehead atoms. The van der Waals surface area contributed by atoms with Gasteiger partial charge in [-0.25, -0.2) is 0 Å². The Morgan fingerprint density at radius 2 is 1.60 bits per heavy atom. The van der Waals surface area contributed by atoms with E-state index in [-0.39, 0.29) is 0 Å². The van der Waals surface area contributed by atoms with Gasteiger partial charge in [-0.3, -0.25) is 4.90 Å². The van der Waals surface area contributed by atoms with Crippen molar-refractivity contribution in [3.8, 4) is 5.75 Å². The molecule has 0 amide bonds. The lowest BCUT2D eigenvalue weighted by molar-refractivity contribution is 0.248. The third-order valence-electron chi connectivity index (χ3n) is 4.74. The number of nitrogens with zero attached hydrogens (tertiary/aromatic N) is 3. The van der Waals surface area contributed by atoms with Crippen LogP contribution in [0.3, 0.4) is 0 Å². The van der Waals surface area contributed by atoms with Gasteiger partial charge in [0, 0.05) is 52.5 Å². The predicted molar refractivity (Wildman–Crippen MR) is 106 cm³/mol. The number of ether oxygens (including phenoxy) is 1. The summed E-state index contributed by atoms with van der Waals surface area (Å²) >= 11 is 0. The molecule has 3 rings (SSSR count). The molecule has 25 heavy (non-hydrogen) atoms. The van der Waals surface area contributed by atoms with Crippen LogP contribution in [-0.4, -0.2) is 51.8 Å². The first kappa shape index (κ1) is 17.6. The van der Waals surface area contributed by atoms with Crippen molar-refractivity contribution in [2.24, 2.45) is 0 Å². The molecule has 0 N–H and O–H groups in total. The Balaban J connectivity index is 1.57. The smallest absolute Gasteiger partial charge is 0.142 e. The standard InChI is InChI=1S/C21H29N3O/c1-4-25-21-8-6-5-7-20(21)24-15-13-23(14-16-24)17-18-9-11-19(12-10-18)22(2)3/h5-12H,4,13-17H2,1-3H3. The first-order valence-corrected chi connectivity index (χ1v) is 9.12. The first-order valence-electron chi connectivity index (χ1n) is 9.12. The third kappa shape index (κ3) is 4.45. The number of rotatable bonds is 6. The predicted octanol–water partition coefficient (Wildman–Crippen LogP) is 3.47. The second-order valence-electron chi connectivity index (χ2n) is 6.72. The maximum absolute atomic E-state index is 5.78. The molecule has 0 aromatic heterocycles. The summed E-state index contributed by atoms with van der Waals surface area (Å²) in [7, 11) is 4.16. The van der Waals surface area contributed by atoms with Gasteiger partial charge >= 0.3 is 0 Å². The van der Waals surface area contributed by atoms with Crippen LogP contribution < -0.4 is 14.5 Å². The summed E-state index contributed by atoms with van der Waals surface area (Å²) in [5.41, 5.74) is 3.86. The topological polar surface area (TPSA) is 19.0 Å². The maximum atomic E-state index is 5.78. The van der Waals surface area contributed by atoms with Crippen molar-refractivity contribution < 1.29 is 4.74 Å². The average molecular weight is 339 g/mol. The van der Waals surface area contributed by atoms with Crippen molar-refractivity contribution in [3.05, 3.63) is 54.1 Å². The summed E-state index contributed by atoms with van der Waals surface area (Å²) in [5.74, 6) is 0.998. The quantitative estimate of drug-likeness (QED) is 0.802. The number of hydrogen-bond donors (Lipinski definition) is 0. The van der Waals surface area contributed by atoms with E-state index in [4.69, 9.17) is 4.74 Å². The van der Waals surface area contributed by atoms with E-state index < -0.39 is 0 Å². The van der Waals surface area contributed by atoms with Crippen molar-refractivity contribution in [3.63, 3.8) is 0 Å². The second kappa shape index (κ2) is 8.26. The number of piperazine rings is 1. The minimum Gasteiger partial charge on any atom is -0.492 e. The molecule has 0 radical (unpaired) electrons. The van der Waals surface area contributed by atoms with Crippen LogP contribution in [0.1, 0.15) is 12.5 Å². The van der Waals surface area contributed by atoms with Crippen LogP contribution in [0.5, 0.6) is 5.75 Å². The SMILES string of the molecule is CCOc1ccccc1N1CCN(Cc2ccc(N(C)C)cc2)CC1. The molecular formula is C21H29N3O. The Kier molecular flexibility index (Phi) is 5.82. The molecule has 0 atom stereocenters. The lowest BCUT2D eigenvalue weighted by Crippen LogP contribution is -2.46. The molecule has 1 aliphatic rings. The summed E-state index contributed by atoms with van der Waals surface area (Å²) in [5, 5.41) is 0. The summed E-state index contributed by atoms with van der Waals surface area (Å²) in [6, 6.07) is 17.3. The largest absolute Gasteiger partial charge is 0.492 e. The molecule has 1 heterocycles. The zero-order valence-electron chi connectivity index (χ0n) is 15.6. The van der Waals surface area contributed by atoms with Crippen LogP contribution in [0.15, 0.2) is 48.5 Å². The molecule has 1 saturated heterocycles. The lowest BCUT2D eigenvalue weighted by atomic mass is 10.1. The highest BCUT2D eigenvalue weighted by atomic mass is 16.5. The van der Waals surface area contributed by atoms with Crippen molar-refractivity contribution in [1.29, 1.82) is 0 Å². The van der Waals surface area contributed by atoms with Crippen molar-refractivity contribution in [2.45, 2.75) is 13.5 Å². The monoisotopic (exact) mass is 339 g/mol. The van der Waals surface area contributed by atoms with Crippen LogP contribution in [0, 0.1) is 0 Å². The van der Waals surface area contributed by atoms with E-state index in [0.717, 1.165) is 38.5 Å². The molecule has 0 aliphatic carbocycles.